The van der Waals surface area contributed by atoms with E-state index in [1.165, 1.54) is 0 Å². The molecule has 1 amide bonds. The molecule has 0 aromatic heterocycles. The summed E-state index contributed by atoms with van der Waals surface area (Å²) < 4.78 is 0. The Morgan fingerprint density at radius 2 is 1.72 bits per heavy atom. The van der Waals surface area contributed by atoms with Crippen molar-refractivity contribution in [3.63, 3.8) is 0 Å². The fraction of sp³-hybridized carbons (Fsp3) is 0.533. The van der Waals surface area contributed by atoms with Crippen LogP contribution in [0.4, 0.5) is 0 Å². The number of rotatable bonds is 3. The molecule has 100 valence electrons. The fourth-order valence-corrected chi connectivity index (χ4v) is 1.76. The third kappa shape index (κ3) is 3.57. The first-order chi connectivity index (χ1) is 8.17. The second-order valence-electron chi connectivity index (χ2n) is 6.34. The van der Waals surface area contributed by atoms with Gasteiger partial charge in [0.1, 0.15) is 0 Å². The molecule has 0 aliphatic carbocycles. The molecule has 0 unspecified atom stereocenters. The number of carbonyl (C=O) groups excluding carboxylic acids is 1. The normalized spacial score (nSPS) is 12.3. The fourth-order valence-electron chi connectivity index (χ4n) is 1.76. The number of hydrogen-bond donors (Lipinski definition) is 2. The molecule has 0 aliphatic rings. The van der Waals surface area contributed by atoms with Gasteiger partial charge in [0.25, 0.3) is 5.91 Å². The van der Waals surface area contributed by atoms with Crippen LogP contribution in [0.3, 0.4) is 0 Å². The number of nitrogens with two attached hydrogens (primary N) is 1. The van der Waals surface area contributed by atoms with Crippen LogP contribution in [-0.2, 0) is 5.41 Å². The van der Waals surface area contributed by atoms with E-state index in [2.05, 4.69) is 26.1 Å². The number of amides is 1. The molecule has 0 saturated carbocycles. The Morgan fingerprint density at radius 1 is 1.17 bits per heavy atom. The zero-order chi connectivity index (χ0) is 14.0. The van der Waals surface area contributed by atoms with Crippen molar-refractivity contribution in [1.82, 2.24) is 5.32 Å². The molecule has 0 aliphatic heterocycles. The minimum atomic E-state index is -0.387. The zero-order valence-electron chi connectivity index (χ0n) is 12.0. The summed E-state index contributed by atoms with van der Waals surface area (Å²) in [5.41, 5.74) is 6.98. The van der Waals surface area contributed by atoms with Crippen molar-refractivity contribution in [2.75, 3.05) is 6.54 Å². The standard InChI is InChI=1S/C15H24N2O/c1-14(2,3)12-9-7-6-8-11(12)13(18)17-15(4,5)10-16/h6-9H,10,16H2,1-5H3,(H,17,18). The Kier molecular flexibility index (Phi) is 4.17. The highest BCUT2D eigenvalue weighted by Gasteiger charge is 2.24. The largest absolute Gasteiger partial charge is 0.346 e. The highest BCUT2D eigenvalue weighted by atomic mass is 16.1. The highest BCUT2D eigenvalue weighted by molar-refractivity contribution is 5.96. The van der Waals surface area contributed by atoms with Crippen molar-refractivity contribution in [3.05, 3.63) is 35.4 Å². The van der Waals surface area contributed by atoms with Crippen molar-refractivity contribution >= 4 is 5.91 Å². The van der Waals surface area contributed by atoms with E-state index in [0.29, 0.717) is 6.54 Å². The molecule has 18 heavy (non-hydrogen) atoms. The zero-order valence-corrected chi connectivity index (χ0v) is 12.0. The summed E-state index contributed by atoms with van der Waals surface area (Å²) in [6.45, 7) is 10.6. The molecule has 1 rings (SSSR count). The molecule has 0 spiro atoms. The predicted octanol–water partition coefficient (Wildman–Crippen LogP) is 2.45. The van der Waals surface area contributed by atoms with Crippen LogP contribution >= 0.6 is 0 Å². The topological polar surface area (TPSA) is 55.1 Å². The molecule has 1 aromatic carbocycles. The summed E-state index contributed by atoms with van der Waals surface area (Å²) in [7, 11) is 0. The minimum absolute atomic E-state index is 0.0548. The van der Waals surface area contributed by atoms with Crippen LogP contribution in [0.2, 0.25) is 0 Å². The highest BCUT2D eigenvalue weighted by Crippen LogP contribution is 2.25. The van der Waals surface area contributed by atoms with Gasteiger partial charge in [-0.05, 0) is 30.9 Å². The van der Waals surface area contributed by atoms with Crippen LogP contribution in [0.5, 0.6) is 0 Å². The lowest BCUT2D eigenvalue weighted by atomic mass is 9.83. The van der Waals surface area contributed by atoms with Crippen molar-refractivity contribution in [2.24, 2.45) is 5.73 Å². The van der Waals surface area contributed by atoms with Gasteiger partial charge in [-0.2, -0.15) is 0 Å². The van der Waals surface area contributed by atoms with E-state index in [-0.39, 0.29) is 16.9 Å². The summed E-state index contributed by atoms with van der Waals surface area (Å²) >= 11 is 0. The van der Waals surface area contributed by atoms with Crippen LogP contribution in [0, 0.1) is 0 Å². The maximum Gasteiger partial charge on any atom is 0.252 e. The van der Waals surface area contributed by atoms with E-state index in [4.69, 9.17) is 5.73 Å². The van der Waals surface area contributed by atoms with E-state index in [9.17, 15) is 4.79 Å². The van der Waals surface area contributed by atoms with Gasteiger partial charge in [-0.15, -0.1) is 0 Å². The van der Waals surface area contributed by atoms with Crippen molar-refractivity contribution in [3.8, 4) is 0 Å². The summed E-state index contributed by atoms with van der Waals surface area (Å²) in [6, 6.07) is 7.72. The van der Waals surface area contributed by atoms with E-state index in [1.54, 1.807) is 0 Å². The monoisotopic (exact) mass is 248 g/mol. The molecular weight excluding hydrogens is 224 g/mol. The third-order valence-electron chi connectivity index (χ3n) is 2.94. The number of hydrogen-bond acceptors (Lipinski definition) is 2. The van der Waals surface area contributed by atoms with Gasteiger partial charge in [0.2, 0.25) is 0 Å². The summed E-state index contributed by atoms with van der Waals surface area (Å²) in [5.74, 6) is -0.0593. The lowest BCUT2D eigenvalue weighted by Gasteiger charge is -2.27. The quantitative estimate of drug-likeness (QED) is 0.863. The van der Waals surface area contributed by atoms with Crippen molar-refractivity contribution < 1.29 is 4.79 Å². The Balaban J connectivity index is 3.07. The van der Waals surface area contributed by atoms with Gasteiger partial charge in [0.05, 0.1) is 0 Å². The first kappa shape index (κ1) is 14.7. The maximum absolute atomic E-state index is 12.3. The van der Waals surface area contributed by atoms with Gasteiger partial charge in [-0.3, -0.25) is 4.79 Å². The third-order valence-corrected chi connectivity index (χ3v) is 2.94. The second-order valence-corrected chi connectivity index (χ2v) is 6.34. The first-order valence-electron chi connectivity index (χ1n) is 6.29. The predicted molar refractivity (Wildman–Crippen MR) is 75.7 cm³/mol. The maximum atomic E-state index is 12.3. The Bertz CT molecular complexity index is 430. The van der Waals surface area contributed by atoms with Crippen LogP contribution in [-0.4, -0.2) is 18.0 Å². The van der Waals surface area contributed by atoms with E-state index < -0.39 is 0 Å². The van der Waals surface area contributed by atoms with Crippen LogP contribution in [0.15, 0.2) is 24.3 Å². The first-order valence-corrected chi connectivity index (χ1v) is 6.29. The van der Waals surface area contributed by atoms with Crippen LogP contribution in [0.25, 0.3) is 0 Å². The Morgan fingerprint density at radius 3 is 2.22 bits per heavy atom. The minimum Gasteiger partial charge on any atom is -0.346 e. The van der Waals surface area contributed by atoms with Crippen LogP contribution in [0.1, 0.15) is 50.5 Å². The van der Waals surface area contributed by atoms with Gasteiger partial charge >= 0.3 is 0 Å². The molecule has 0 atom stereocenters. The van der Waals surface area contributed by atoms with Crippen molar-refractivity contribution in [1.29, 1.82) is 0 Å². The molecule has 3 nitrogen and oxygen atoms in total. The van der Waals surface area contributed by atoms with Gasteiger partial charge in [-0.25, -0.2) is 0 Å². The van der Waals surface area contributed by atoms with Gasteiger partial charge in [-0.1, -0.05) is 39.0 Å². The number of nitrogens with one attached hydrogen (secondary N) is 1. The molecule has 0 heterocycles. The Labute approximate surface area is 110 Å². The molecule has 0 fully saturated rings. The van der Waals surface area contributed by atoms with Crippen molar-refractivity contribution in [2.45, 2.75) is 45.6 Å². The summed E-state index contributed by atoms with van der Waals surface area (Å²) in [4.78, 5) is 12.3. The van der Waals surface area contributed by atoms with E-state index in [1.807, 2.05) is 38.1 Å². The number of carbonyl (C=O) groups is 1. The lowest BCUT2D eigenvalue weighted by Crippen LogP contribution is -2.49. The van der Waals surface area contributed by atoms with E-state index in [0.717, 1.165) is 11.1 Å². The lowest BCUT2D eigenvalue weighted by molar-refractivity contribution is 0.0913. The molecular formula is C15H24N2O. The molecule has 0 radical (unpaired) electrons. The van der Waals surface area contributed by atoms with Crippen LogP contribution < -0.4 is 11.1 Å². The second kappa shape index (κ2) is 5.11. The molecule has 3 N–H and O–H groups in total. The average molecular weight is 248 g/mol. The summed E-state index contributed by atoms with van der Waals surface area (Å²) in [6.07, 6.45) is 0. The van der Waals surface area contributed by atoms with Gasteiger partial charge in [0, 0.05) is 17.6 Å². The summed E-state index contributed by atoms with van der Waals surface area (Å²) in [5, 5.41) is 2.97. The smallest absolute Gasteiger partial charge is 0.252 e. The average Bonchev–Trinajstić information content (AvgIpc) is 2.27. The molecule has 3 heteroatoms. The molecule has 0 saturated heterocycles. The number of benzene rings is 1. The molecule has 0 bridgehead atoms. The van der Waals surface area contributed by atoms with Gasteiger partial charge < -0.3 is 11.1 Å². The Hall–Kier alpha value is -1.35. The SMILES string of the molecule is CC(C)(CN)NC(=O)c1ccccc1C(C)(C)C. The van der Waals surface area contributed by atoms with E-state index >= 15 is 0 Å². The van der Waals surface area contributed by atoms with Gasteiger partial charge in [0.15, 0.2) is 0 Å². The molecule has 1 aromatic rings.